The Morgan fingerprint density at radius 1 is 1.32 bits per heavy atom. The van der Waals surface area contributed by atoms with E-state index >= 15 is 0 Å². The van der Waals surface area contributed by atoms with Gasteiger partial charge in [-0.2, -0.15) is 0 Å². The zero-order valence-electron chi connectivity index (χ0n) is 12.7. The number of ether oxygens (including phenoxy) is 1. The predicted molar refractivity (Wildman–Crippen MR) is 78.7 cm³/mol. The van der Waals surface area contributed by atoms with Crippen molar-refractivity contribution in [1.82, 2.24) is 10.3 Å². The second-order valence-electron chi connectivity index (χ2n) is 6.88. The summed E-state index contributed by atoms with van der Waals surface area (Å²) in [4.78, 5) is 4.30. The van der Waals surface area contributed by atoms with Crippen LogP contribution in [0.5, 0.6) is 5.88 Å². The van der Waals surface area contributed by atoms with Crippen LogP contribution >= 0.6 is 0 Å². The molecule has 1 heterocycles. The highest BCUT2D eigenvalue weighted by atomic mass is 16.5. The van der Waals surface area contributed by atoms with Crippen LogP contribution in [0.3, 0.4) is 0 Å². The topological polar surface area (TPSA) is 34.1 Å². The van der Waals surface area contributed by atoms with Crippen molar-refractivity contribution in [2.45, 2.75) is 71.1 Å². The van der Waals surface area contributed by atoms with Crippen LogP contribution in [0.1, 0.15) is 58.9 Å². The van der Waals surface area contributed by atoms with Crippen molar-refractivity contribution in [3.8, 4) is 5.88 Å². The molecule has 0 spiro atoms. The number of rotatable bonds is 4. The van der Waals surface area contributed by atoms with Crippen LogP contribution in [0.15, 0.2) is 18.3 Å². The van der Waals surface area contributed by atoms with Gasteiger partial charge in [-0.05, 0) is 51.2 Å². The SMILES string of the molecule is CC(C)c1ccnc(OC2CC(NC(C)(C)C)C2)c1. The Labute approximate surface area is 116 Å². The van der Waals surface area contributed by atoms with Crippen LogP contribution in [0.25, 0.3) is 0 Å². The van der Waals surface area contributed by atoms with Crippen molar-refractivity contribution in [3.63, 3.8) is 0 Å². The lowest BCUT2D eigenvalue weighted by Crippen LogP contribution is -2.53. The molecule has 106 valence electrons. The summed E-state index contributed by atoms with van der Waals surface area (Å²) in [6.07, 6.45) is 4.30. The average Bonchev–Trinajstić information content (AvgIpc) is 2.25. The summed E-state index contributed by atoms with van der Waals surface area (Å²) < 4.78 is 5.93. The molecule has 1 fully saturated rings. The smallest absolute Gasteiger partial charge is 0.213 e. The van der Waals surface area contributed by atoms with Gasteiger partial charge in [0.2, 0.25) is 5.88 Å². The van der Waals surface area contributed by atoms with Gasteiger partial charge in [0.1, 0.15) is 6.10 Å². The molecule has 0 aromatic carbocycles. The molecule has 19 heavy (non-hydrogen) atoms. The quantitative estimate of drug-likeness (QED) is 0.901. The van der Waals surface area contributed by atoms with Gasteiger partial charge in [-0.25, -0.2) is 4.98 Å². The fourth-order valence-corrected chi connectivity index (χ4v) is 2.41. The first-order valence-corrected chi connectivity index (χ1v) is 7.24. The van der Waals surface area contributed by atoms with Gasteiger partial charge in [-0.15, -0.1) is 0 Å². The number of nitrogens with zero attached hydrogens (tertiary/aromatic N) is 1. The van der Waals surface area contributed by atoms with E-state index in [1.54, 1.807) is 0 Å². The largest absolute Gasteiger partial charge is 0.474 e. The van der Waals surface area contributed by atoms with E-state index in [4.69, 9.17) is 4.74 Å². The summed E-state index contributed by atoms with van der Waals surface area (Å²) in [5, 5.41) is 3.60. The van der Waals surface area contributed by atoms with Gasteiger partial charge >= 0.3 is 0 Å². The molecule has 1 saturated carbocycles. The normalized spacial score (nSPS) is 23.3. The summed E-state index contributed by atoms with van der Waals surface area (Å²) in [6.45, 7) is 11.0. The molecule has 0 radical (unpaired) electrons. The van der Waals surface area contributed by atoms with Crippen LogP contribution in [0.2, 0.25) is 0 Å². The maximum atomic E-state index is 5.93. The molecule has 0 bridgehead atoms. The molecule has 0 atom stereocenters. The first kappa shape index (κ1) is 14.3. The van der Waals surface area contributed by atoms with Gasteiger partial charge in [0.15, 0.2) is 0 Å². The van der Waals surface area contributed by atoms with Crippen LogP contribution in [0.4, 0.5) is 0 Å². The van der Waals surface area contributed by atoms with Crippen LogP contribution in [0, 0.1) is 0 Å². The molecule has 0 saturated heterocycles. The molecule has 1 aromatic rings. The summed E-state index contributed by atoms with van der Waals surface area (Å²) in [7, 11) is 0. The van der Waals surface area contributed by atoms with E-state index in [1.165, 1.54) is 5.56 Å². The number of hydrogen-bond donors (Lipinski definition) is 1. The van der Waals surface area contributed by atoms with E-state index < -0.39 is 0 Å². The van der Waals surface area contributed by atoms with Gasteiger partial charge in [0.05, 0.1) is 0 Å². The van der Waals surface area contributed by atoms with Crippen molar-refractivity contribution in [1.29, 1.82) is 0 Å². The first-order chi connectivity index (χ1) is 8.83. The predicted octanol–water partition coefficient (Wildman–Crippen LogP) is 3.50. The molecule has 1 aromatic heterocycles. The number of hydrogen-bond acceptors (Lipinski definition) is 3. The van der Waals surface area contributed by atoms with E-state index in [0.717, 1.165) is 18.7 Å². The summed E-state index contributed by atoms with van der Waals surface area (Å²) in [5.74, 6) is 1.28. The van der Waals surface area contributed by atoms with Crippen molar-refractivity contribution < 1.29 is 4.74 Å². The minimum atomic E-state index is 0.186. The molecule has 1 aliphatic rings. The zero-order chi connectivity index (χ0) is 14.0. The van der Waals surface area contributed by atoms with E-state index in [9.17, 15) is 0 Å². The highest BCUT2D eigenvalue weighted by molar-refractivity contribution is 5.23. The second kappa shape index (κ2) is 5.49. The molecular weight excluding hydrogens is 236 g/mol. The van der Waals surface area contributed by atoms with Gasteiger partial charge < -0.3 is 10.1 Å². The van der Waals surface area contributed by atoms with E-state index in [0.29, 0.717) is 18.1 Å². The molecule has 3 nitrogen and oxygen atoms in total. The second-order valence-corrected chi connectivity index (χ2v) is 6.88. The fourth-order valence-electron chi connectivity index (χ4n) is 2.41. The van der Waals surface area contributed by atoms with Crippen LogP contribution in [-0.4, -0.2) is 22.7 Å². The first-order valence-electron chi connectivity index (χ1n) is 7.24. The number of nitrogens with one attached hydrogen (secondary N) is 1. The van der Waals surface area contributed by atoms with Crippen molar-refractivity contribution >= 4 is 0 Å². The maximum Gasteiger partial charge on any atom is 0.213 e. The lowest BCUT2D eigenvalue weighted by Gasteiger charge is -2.39. The molecule has 1 aliphatic carbocycles. The number of pyridine rings is 1. The van der Waals surface area contributed by atoms with Crippen molar-refractivity contribution in [2.24, 2.45) is 0 Å². The van der Waals surface area contributed by atoms with Crippen molar-refractivity contribution in [2.75, 3.05) is 0 Å². The summed E-state index contributed by atoms with van der Waals surface area (Å²) >= 11 is 0. The average molecular weight is 262 g/mol. The summed E-state index contributed by atoms with van der Waals surface area (Å²) in [5.41, 5.74) is 1.47. The Morgan fingerprint density at radius 2 is 2.00 bits per heavy atom. The standard InChI is InChI=1S/C16H26N2O/c1-11(2)12-6-7-17-15(8-12)19-14-9-13(10-14)18-16(3,4)5/h6-8,11,13-14,18H,9-10H2,1-5H3. The van der Waals surface area contributed by atoms with Crippen LogP contribution in [-0.2, 0) is 0 Å². The third-order valence-electron chi connectivity index (χ3n) is 3.44. The summed E-state index contributed by atoms with van der Waals surface area (Å²) in [6, 6.07) is 4.70. The molecule has 3 heteroatoms. The molecule has 1 N–H and O–H groups in total. The lowest BCUT2D eigenvalue weighted by molar-refractivity contribution is 0.0693. The van der Waals surface area contributed by atoms with E-state index in [-0.39, 0.29) is 5.54 Å². The highest BCUT2D eigenvalue weighted by Crippen LogP contribution is 2.27. The monoisotopic (exact) mass is 262 g/mol. The minimum Gasteiger partial charge on any atom is -0.474 e. The molecule has 0 amide bonds. The minimum absolute atomic E-state index is 0.186. The third-order valence-corrected chi connectivity index (χ3v) is 3.44. The Morgan fingerprint density at radius 3 is 2.58 bits per heavy atom. The van der Waals surface area contributed by atoms with Gasteiger partial charge in [-0.1, -0.05) is 13.8 Å². The Bertz CT molecular complexity index is 417. The molecular formula is C16H26N2O. The Hall–Kier alpha value is -1.09. The lowest BCUT2D eigenvalue weighted by atomic mass is 9.87. The van der Waals surface area contributed by atoms with E-state index in [2.05, 4.69) is 57.1 Å². The van der Waals surface area contributed by atoms with Crippen molar-refractivity contribution in [3.05, 3.63) is 23.9 Å². The van der Waals surface area contributed by atoms with Crippen LogP contribution < -0.4 is 10.1 Å². The Kier molecular flexibility index (Phi) is 4.14. The highest BCUT2D eigenvalue weighted by Gasteiger charge is 2.33. The van der Waals surface area contributed by atoms with Gasteiger partial charge in [0.25, 0.3) is 0 Å². The molecule has 2 rings (SSSR count). The van der Waals surface area contributed by atoms with Gasteiger partial charge in [0, 0.05) is 23.8 Å². The van der Waals surface area contributed by atoms with Gasteiger partial charge in [-0.3, -0.25) is 0 Å². The Balaban J connectivity index is 1.83. The van der Waals surface area contributed by atoms with E-state index in [1.807, 2.05) is 6.20 Å². The number of aromatic nitrogens is 1. The zero-order valence-corrected chi connectivity index (χ0v) is 12.7. The third kappa shape index (κ3) is 4.20. The molecule has 0 aliphatic heterocycles. The maximum absolute atomic E-state index is 5.93. The fraction of sp³-hybridized carbons (Fsp3) is 0.688. The molecule has 0 unspecified atom stereocenters.